The van der Waals surface area contributed by atoms with E-state index in [9.17, 15) is 4.79 Å². The van der Waals surface area contributed by atoms with Crippen LogP contribution in [0.5, 0.6) is 0 Å². The molecule has 5 heteroatoms. The molecule has 0 saturated heterocycles. The van der Waals surface area contributed by atoms with Gasteiger partial charge in [-0.2, -0.15) is 0 Å². The van der Waals surface area contributed by atoms with Gasteiger partial charge >= 0.3 is 5.97 Å². The van der Waals surface area contributed by atoms with Gasteiger partial charge in [0.15, 0.2) is 0 Å². The number of nitrogens with zero attached hydrogens (tertiary/aromatic N) is 2. The highest BCUT2D eigenvalue weighted by molar-refractivity contribution is 7.25. The van der Waals surface area contributed by atoms with Gasteiger partial charge in [0, 0.05) is 21.7 Å². The number of ether oxygens (including phenoxy) is 1. The molecule has 0 radical (unpaired) electrons. The van der Waals surface area contributed by atoms with Crippen molar-refractivity contribution in [2.45, 2.75) is 6.92 Å². The highest BCUT2D eigenvalue weighted by Gasteiger charge is 2.10. The van der Waals surface area contributed by atoms with Crippen LogP contribution in [0.4, 0.5) is 0 Å². The molecule has 90 valence electrons. The van der Waals surface area contributed by atoms with Crippen LogP contribution in [-0.2, 0) is 4.74 Å². The van der Waals surface area contributed by atoms with Crippen molar-refractivity contribution in [3.8, 4) is 0 Å². The summed E-state index contributed by atoms with van der Waals surface area (Å²) in [6.07, 6.45) is 3.33. The normalized spacial score (nSPS) is 10.9. The highest BCUT2D eigenvalue weighted by atomic mass is 32.1. The standard InChI is InChI=1S/C13H10N2O2S/c1-2-17-13(16)8-3-4-9-10-6-14-7-15-12(10)18-11(9)5-8/h3-7H,2H2,1H3. The van der Waals surface area contributed by atoms with Crippen molar-refractivity contribution < 1.29 is 9.53 Å². The van der Waals surface area contributed by atoms with Gasteiger partial charge in [-0.25, -0.2) is 14.8 Å². The van der Waals surface area contributed by atoms with E-state index in [-0.39, 0.29) is 5.97 Å². The summed E-state index contributed by atoms with van der Waals surface area (Å²) in [5.74, 6) is -0.289. The first-order valence-electron chi connectivity index (χ1n) is 5.59. The Bertz CT molecular complexity index is 736. The summed E-state index contributed by atoms with van der Waals surface area (Å²) >= 11 is 1.55. The molecule has 3 aromatic rings. The number of thiophene rings is 1. The van der Waals surface area contributed by atoms with Gasteiger partial charge in [-0.3, -0.25) is 0 Å². The molecule has 0 atom stereocenters. The van der Waals surface area contributed by atoms with E-state index in [4.69, 9.17) is 4.74 Å². The van der Waals surface area contributed by atoms with Gasteiger partial charge in [-0.15, -0.1) is 11.3 Å². The van der Waals surface area contributed by atoms with Crippen LogP contribution in [0, 0.1) is 0 Å². The number of fused-ring (bicyclic) bond motifs is 3. The zero-order valence-corrected chi connectivity index (χ0v) is 10.5. The van der Waals surface area contributed by atoms with Crippen LogP contribution in [0.2, 0.25) is 0 Å². The van der Waals surface area contributed by atoms with Gasteiger partial charge in [0.1, 0.15) is 11.2 Å². The molecule has 2 heterocycles. The van der Waals surface area contributed by atoms with Crippen molar-refractivity contribution in [3.63, 3.8) is 0 Å². The minimum atomic E-state index is -0.289. The molecule has 18 heavy (non-hydrogen) atoms. The average Bonchev–Trinajstić information content (AvgIpc) is 2.76. The average molecular weight is 258 g/mol. The van der Waals surface area contributed by atoms with Gasteiger partial charge in [-0.1, -0.05) is 6.07 Å². The molecule has 0 fully saturated rings. The summed E-state index contributed by atoms with van der Waals surface area (Å²) in [5, 5.41) is 2.09. The second kappa shape index (κ2) is 4.34. The second-order valence-corrected chi connectivity index (χ2v) is 4.81. The number of carbonyl (C=O) groups is 1. The van der Waals surface area contributed by atoms with Crippen molar-refractivity contribution in [2.24, 2.45) is 0 Å². The fourth-order valence-corrected chi connectivity index (χ4v) is 2.91. The van der Waals surface area contributed by atoms with Crippen molar-refractivity contribution in [1.82, 2.24) is 9.97 Å². The Kier molecular flexibility index (Phi) is 2.68. The first-order chi connectivity index (χ1) is 8.79. The molecule has 0 aliphatic rings. The lowest BCUT2D eigenvalue weighted by molar-refractivity contribution is 0.0526. The first-order valence-corrected chi connectivity index (χ1v) is 6.40. The quantitative estimate of drug-likeness (QED) is 0.663. The van der Waals surface area contributed by atoms with Crippen LogP contribution >= 0.6 is 11.3 Å². The summed E-state index contributed by atoms with van der Waals surface area (Å²) in [6.45, 7) is 2.18. The number of rotatable bonds is 2. The third-order valence-electron chi connectivity index (χ3n) is 2.67. The monoisotopic (exact) mass is 258 g/mol. The molecule has 0 aliphatic heterocycles. The molecule has 3 rings (SSSR count). The predicted molar refractivity (Wildman–Crippen MR) is 70.9 cm³/mol. The zero-order valence-electron chi connectivity index (χ0n) is 9.71. The third kappa shape index (κ3) is 1.73. The van der Waals surface area contributed by atoms with E-state index in [1.807, 2.05) is 12.1 Å². The number of aromatic nitrogens is 2. The van der Waals surface area contributed by atoms with Gasteiger partial charge in [-0.05, 0) is 19.1 Å². The van der Waals surface area contributed by atoms with Crippen molar-refractivity contribution >= 4 is 37.6 Å². The van der Waals surface area contributed by atoms with E-state index < -0.39 is 0 Å². The maximum Gasteiger partial charge on any atom is 0.338 e. The molecule has 0 saturated carbocycles. The Morgan fingerprint density at radius 2 is 2.28 bits per heavy atom. The van der Waals surface area contributed by atoms with Gasteiger partial charge in [0.05, 0.1) is 12.2 Å². The fourth-order valence-electron chi connectivity index (χ4n) is 1.86. The summed E-state index contributed by atoms with van der Waals surface area (Å²) in [5.41, 5.74) is 0.573. The lowest BCUT2D eigenvalue weighted by Gasteiger charge is -2.01. The molecule has 1 aromatic carbocycles. The van der Waals surface area contributed by atoms with E-state index in [2.05, 4.69) is 9.97 Å². The molecule has 4 nitrogen and oxygen atoms in total. The molecular formula is C13H10N2O2S. The van der Waals surface area contributed by atoms with E-state index >= 15 is 0 Å². The van der Waals surface area contributed by atoms with E-state index in [0.29, 0.717) is 12.2 Å². The number of hydrogen-bond donors (Lipinski definition) is 0. The van der Waals surface area contributed by atoms with Crippen molar-refractivity contribution in [2.75, 3.05) is 6.61 Å². The maximum absolute atomic E-state index is 11.7. The molecule has 2 aromatic heterocycles. The van der Waals surface area contributed by atoms with E-state index in [0.717, 1.165) is 20.3 Å². The maximum atomic E-state index is 11.7. The summed E-state index contributed by atoms with van der Waals surface area (Å²) in [7, 11) is 0. The Morgan fingerprint density at radius 1 is 1.39 bits per heavy atom. The summed E-state index contributed by atoms with van der Waals surface area (Å²) < 4.78 is 6.01. The number of esters is 1. The number of carbonyl (C=O) groups excluding carboxylic acids is 1. The third-order valence-corrected chi connectivity index (χ3v) is 3.74. The van der Waals surface area contributed by atoms with Crippen LogP contribution in [0.15, 0.2) is 30.7 Å². The lowest BCUT2D eigenvalue weighted by atomic mass is 10.1. The Morgan fingerprint density at radius 3 is 3.11 bits per heavy atom. The minimum absolute atomic E-state index is 0.289. The van der Waals surface area contributed by atoms with Gasteiger partial charge in [0.25, 0.3) is 0 Å². The van der Waals surface area contributed by atoms with Crippen LogP contribution in [0.3, 0.4) is 0 Å². The van der Waals surface area contributed by atoms with Crippen molar-refractivity contribution in [3.05, 3.63) is 36.3 Å². The fraction of sp³-hybridized carbons (Fsp3) is 0.154. The summed E-state index contributed by atoms with van der Waals surface area (Å²) in [6, 6.07) is 5.54. The summed E-state index contributed by atoms with van der Waals surface area (Å²) in [4.78, 5) is 20.8. The Labute approximate surface area is 107 Å². The minimum Gasteiger partial charge on any atom is -0.462 e. The Balaban J connectivity index is 2.18. The van der Waals surface area contributed by atoms with E-state index in [1.54, 1.807) is 30.5 Å². The molecule has 0 N–H and O–H groups in total. The SMILES string of the molecule is CCOC(=O)c1ccc2c(c1)sc1ncncc12. The molecule has 0 unspecified atom stereocenters. The molecular weight excluding hydrogens is 248 g/mol. The molecule has 0 spiro atoms. The van der Waals surface area contributed by atoms with Crippen LogP contribution in [0.1, 0.15) is 17.3 Å². The largest absolute Gasteiger partial charge is 0.462 e. The smallest absolute Gasteiger partial charge is 0.338 e. The number of benzene rings is 1. The second-order valence-electron chi connectivity index (χ2n) is 3.78. The topological polar surface area (TPSA) is 52.1 Å². The molecule has 0 aliphatic carbocycles. The van der Waals surface area contributed by atoms with Crippen LogP contribution < -0.4 is 0 Å². The highest BCUT2D eigenvalue weighted by Crippen LogP contribution is 2.32. The molecule has 0 amide bonds. The zero-order chi connectivity index (χ0) is 12.5. The van der Waals surface area contributed by atoms with E-state index in [1.165, 1.54) is 6.33 Å². The van der Waals surface area contributed by atoms with Crippen molar-refractivity contribution in [1.29, 1.82) is 0 Å². The van der Waals surface area contributed by atoms with Gasteiger partial charge in [0.2, 0.25) is 0 Å². The first kappa shape index (κ1) is 11.1. The van der Waals surface area contributed by atoms with Gasteiger partial charge < -0.3 is 4.74 Å². The lowest BCUT2D eigenvalue weighted by Crippen LogP contribution is -2.03. The Hall–Kier alpha value is -2.01. The number of hydrogen-bond acceptors (Lipinski definition) is 5. The van der Waals surface area contributed by atoms with Crippen LogP contribution in [-0.4, -0.2) is 22.5 Å². The van der Waals surface area contributed by atoms with Crippen LogP contribution in [0.25, 0.3) is 20.3 Å². The molecule has 0 bridgehead atoms. The predicted octanol–water partition coefficient (Wildman–Crippen LogP) is 3.02.